The maximum Gasteiger partial charge on any atom is 0.391 e. The highest BCUT2D eigenvalue weighted by Gasteiger charge is 2.42. The summed E-state index contributed by atoms with van der Waals surface area (Å²) >= 11 is 0. The highest BCUT2D eigenvalue weighted by molar-refractivity contribution is 4.87. The summed E-state index contributed by atoms with van der Waals surface area (Å²) < 4.78 is 37.8. The minimum Gasteiger partial charge on any atom is -0.395 e. The molecule has 1 rings (SSSR count). The Balaban J connectivity index is 2.52. The van der Waals surface area contributed by atoms with E-state index in [-0.39, 0.29) is 31.5 Å². The highest BCUT2D eigenvalue weighted by Crippen LogP contribution is 2.34. The molecule has 3 N–H and O–H groups in total. The van der Waals surface area contributed by atoms with Crippen molar-refractivity contribution in [3.8, 4) is 0 Å². The summed E-state index contributed by atoms with van der Waals surface area (Å²) in [5, 5.41) is 9.44. The van der Waals surface area contributed by atoms with Gasteiger partial charge in [-0.25, -0.2) is 0 Å². The minimum atomic E-state index is -4.10. The number of likely N-dealkylation sites (tertiary alicyclic amines) is 1. The second kappa shape index (κ2) is 6.90. The molecule has 1 aliphatic heterocycles. The van der Waals surface area contributed by atoms with Gasteiger partial charge in [-0.2, -0.15) is 13.2 Å². The van der Waals surface area contributed by atoms with Crippen molar-refractivity contribution >= 4 is 0 Å². The average Bonchev–Trinajstić information content (AvgIpc) is 2.28. The Labute approximate surface area is 113 Å². The summed E-state index contributed by atoms with van der Waals surface area (Å²) in [6, 6.07) is -0.413. The van der Waals surface area contributed by atoms with Crippen molar-refractivity contribution in [2.75, 3.05) is 19.7 Å². The Hall–Kier alpha value is -0.330. The first-order valence-electron chi connectivity index (χ1n) is 6.93. The lowest BCUT2D eigenvalue weighted by Crippen LogP contribution is -2.53. The number of rotatable bonds is 5. The van der Waals surface area contributed by atoms with Gasteiger partial charge in [-0.1, -0.05) is 13.8 Å². The number of hydrogen-bond acceptors (Lipinski definition) is 3. The summed E-state index contributed by atoms with van der Waals surface area (Å²) in [5.74, 6) is -0.791. The van der Waals surface area contributed by atoms with Crippen molar-refractivity contribution in [3.05, 3.63) is 0 Å². The monoisotopic (exact) mass is 282 g/mol. The van der Waals surface area contributed by atoms with E-state index in [9.17, 15) is 18.3 Å². The van der Waals surface area contributed by atoms with E-state index < -0.39 is 12.1 Å². The third-order valence-corrected chi connectivity index (χ3v) is 3.89. The van der Waals surface area contributed by atoms with Crippen LogP contribution in [-0.4, -0.2) is 48.0 Å². The van der Waals surface area contributed by atoms with Crippen molar-refractivity contribution in [2.24, 2.45) is 17.6 Å². The van der Waals surface area contributed by atoms with Gasteiger partial charge >= 0.3 is 6.18 Å². The number of nitrogens with two attached hydrogens (primary N) is 1. The number of piperidine rings is 1. The SMILES string of the molecule is CC(C)CC(N)C(CO)N1CCC(C(F)(F)F)CC1. The van der Waals surface area contributed by atoms with E-state index in [2.05, 4.69) is 0 Å². The highest BCUT2D eigenvalue weighted by atomic mass is 19.4. The van der Waals surface area contributed by atoms with Gasteiger partial charge in [0.1, 0.15) is 0 Å². The van der Waals surface area contributed by atoms with Crippen LogP contribution in [0.2, 0.25) is 0 Å². The number of halogens is 3. The van der Waals surface area contributed by atoms with Crippen LogP contribution < -0.4 is 5.73 Å². The lowest BCUT2D eigenvalue weighted by Gasteiger charge is -2.40. The first-order valence-corrected chi connectivity index (χ1v) is 6.93. The Morgan fingerprint density at radius 3 is 2.16 bits per heavy atom. The molecule has 0 amide bonds. The molecular formula is C13H25F3N2O. The van der Waals surface area contributed by atoms with Gasteiger partial charge in [0.25, 0.3) is 0 Å². The molecule has 0 radical (unpaired) electrons. The Kier molecular flexibility index (Phi) is 6.08. The fraction of sp³-hybridized carbons (Fsp3) is 1.00. The van der Waals surface area contributed by atoms with Gasteiger partial charge in [-0.3, -0.25) is 4.90 Å². The number of aliphatic hydroxyl groups is 1. The van der Waals surface area contributed by atoms with Crippen LogP contribution in [0, 0.1) is 11.8 Å². The number of hydrogen-bond donors (Lipinski definition) is 2. The molecule has 19 heavy (non-hydrogen) atoms. The van der Waals surface area contributed by atoms with Crippen molar-refractivity contribution in [1.82, 2.24) is 4.90 Å². The quantitative estimate of drug-likeness (QED) is 0.811. The lowest BCUT2D eigenvalue weighted by molar-refractivity contribution is -0.186. The summed E-state index contributed by atoms with van der Waals surface area (Å²) in [6.45, 7) is 4.72. The first kappa shape index (κ1) is 16.7. The van der Waals surface area contributed by atoms with Crippen molar-refractivity contribution in [3.63, 3.8) is 0 Å². The van der Waals surface area contributed by atoms with Crippen molar-refractivity contribution in [2.45, 2.75) is 51.4 Å². The van der Waals surface area contributed by atoms with Gasteiger partial charge in [-0.05, 0) is 38.3 Å². The maximum absolute atomic E-state index is 12.6. The predicted molar refractivity (Wildman–Crippen MR) is 68.7 cm³/mol. The topological polar surface area (TPSA) is 49.5 Å². The largest absolute Gasteiger partial charge is 0.395 e. The van der Waals surface area contributed by atoms with Crippen LogP contribution >= 0.6 is 0 Å². The van der Waals surface area contributed by atoms with E-state index in [1.54, 1.807) is 0 Å². The zero-order chi connectivity index (χ0) is 14.6. The molecule has 0 spiro atoms. The van der Waals surface area contributed by atoms with Crippen molar-refractivity contribution in [1.29, 1.82) is 0 Å². The van der Waals surface area contributed by atoms with E-state index in [4.69, 9.17) is 5.73 Å². The molecule has 0 aromatic rings. The lowest BCUT2D eigenvalue weighted by atomic mass is 9.92. The molecule has 1 aliphatic rings. The molecule has 2 atom stereocenters. The molecule has 1 fully saturated rings. The van der Waals surface area contributed by atoms with Crippen LogP contribution in [0.5, 0.6) is 0 Å². The molecule has 6 heteroatoms. The zero-order valence-corrected chi connectivity index (χ0v) is 11.7. The van der Waals surface area contributed by atoms with E-state index in [0.717, 1.165) is 6.42 Å². The van der Waals surface area contributed by atoms with Crippen molar-refractivity contribution < 1.29 is 18.3 Å². The second-order valence-electron chi connectivity index (χ2n) is 5.90. The molecule has 114 valence electrons. The fourth-order valence-corrected chi connectivity index (χ4v) is 2.78. The van der Waals surface area contributed by atoms with Gasteiger partial charge in [0.2, 0.25) is 0 Å². The first-order chi connectivity index (χ1) is 8.75. The molecule has 1 heterocycles. The van der Waals surface area contributed by atoms with Gasteiger partial charge < -0.3 is 10.8 Å². The smallest absolute Gasteiger partial charge is 0.391 e. The van der Waals surface area contributed by atoms with Crippen LogP contribution in [-0.2, 0) is 0 Å². The summed E-state index contributed by atoms with van der Waals surface area (Å²) in [4.78, 5) is 1.91. The third kappa shape index (κ3) is 4.93. The normalized spacial score (nSPS) is 22.7. The maximum atomic E-state index is 12.6. The Morgan fingerprint density at radius 1 is 1.26 bits per heavy atom. The van der Waals surface area contributed by atoms with Gasteiger partial charge in [0.05, 0.1) is 12.5 Å². The van der Waals surface area contributed by atoms with Crippen LogP contribution in [0.4, 0.5) is 13.2 Å². The molecule has 0 bridgehead atoms. The van der Waals surface area contributed by atoms with E-state index in [0.29, 0.717) is 19.0 Å². The molecule has 0 aliphatic carbocycles. The second-order valence-corrected chi connectivity index (χ2v) is 5.90. The molecule has 2 unspecified atom stereocenters. The molecule has 0 saturated carbocycles. The molecular weight excluding hydrogens is 257 g/mol. The van der Waals surface area contributed by atoms with E-state index in [1.165, 1.54) is 0 Å². The zero-order valence-electron chi connectivity index (χ0n) is 11.7. The molecule has 3 nitrogen and oxygen atoms in total. The molecule has 1 saturated heterocycles. The summed E-state index contributed by atoms with van der Waals surface area (Å²) in [7, 11) is 0. The standard InChI is InChI=1S/C13H25F3N2O/c1-9(2)7-11(17)12(8-19)18-5-3-10(4-6-18)13(14,15)16/h9-12,19H,3-8,17H2,1-2H3. The summed E-state index contributed by atoms with van der Waals surface area (Å²) in [6.07, 6.45) is -3.12. The Morgan fingerprint density at radius 2 is 1.79 bits per heavy atom. The molecule has 0 aromatic heterocycles. The van der Waals surface area contributed by atoms with E-state index in [1.807, 2.05) is 18.7 Å². The average molecular weight is 282 g/mol. The number of alkyl halides is 3. The number of aliphatic hydroxyl groups excluding tert-OH is 1. The minimum absolute atomic E-state index is 0.0927. The van der Waals surface area contributed by atoms with Crippen LogP contribution in [0.1, 0.15) is 33.1 Å². The van der Waals surface area contributed by atoms with Gasteiger partial charge in [-0.15, -0.1) is 0 Å². The Bertz CT molecular complexity index is 263. The third-order valence-electron chi connectivity index (χ3n) is 3.89. The van der Waals surface area contributed by atoms with Crippen LogP contribution in [0.25, 0.3) is 0 Å². The number of nitrogens with zero attached hydrogens (tertiary/aromatic N) is 1. The fourth-order valence-electron chi connectivity index (χ4n) is 2.78. The predicted octanol–water partition coefficient (Wildman–Crippen LogP) is 1.99. The van der Waals surface area contributed by atoms with Crippen LogP contribution in [0.3, 0.4) is 0 Å². The van der Waals surface area contributed by atoms with E-state index >= 15 is 0 Å². The summed E-state index contributed by atoms with van der Waals surface area (Å²) in [5.41, 5.74) is 6.06. The van der Waals surface area contributed by atoms with Gasteiger partial charge in [0.15, 0.2) is 0 Å². The van der Waals surface area contributed by atoms with Gasteiger partial charge in [0, 0.05) is 12.1 Å². The van der Waals surface area contributed by atoms with Crippen LogP contribution in [0.15, 0.2) is 0 Å². The molecule has 0 aromatic carbocycles.